The molecule has 0 amide bonds. The van der Waals surface area contributed by atoms with E-state index in [1.807, 2.05) is 12.1 Å². The van der Waals surface area contributed by atoms with Gasteiger partial charge in [0.25, 0.3) is 0 Å². The fraction of sp³-hybridized carbons (Fsp3) is 0.300. The predicted molar refractivity (Wildman–Crippen MR) is 104 cm³/mol. The third kappa shape index (κ3) is 2.71. The largest absolute Gasteiger partial charge is 0.493 e. The number of H-pyrrole nitrogens is 1. The van der Waals surface area contributed by atoms with E-state index in [0.717, 1.165) is 34.5 Å². The summed E-state index contributed by atoms with van der Waals surface area (Å²) < 4.78 is 11.9. The topological polar surface area (TPSA) is 46.3 Å². The van der Waals surface area contributed by atoms with Crippen molar-refractivity contribution in [2.75, 3.05) is 20.8 Å². The van der Waals surface area contributed by atoms with Gasteiger partial charge in [0, 0.05) is 27.6 Å². The van der Waals surface area contributed by atoms with Crippen molar-refractivity contribution in [1.82, 2.24) is 10.3 Å². The first-order chi connectivity index (χ1) is 12.1. The van der Waals surface area contributed by atoms with E-state index >= 15 is 0 Å². The van der Waals surface area contributed by atoms with Gasteiger partial charge in [-0.25, -0.2) is 0 Å². The highest BCUT2D eigenvalue weighted by Gasteiger charge is 2.27. The summed E-state index contributed by atoms with van der Waals surface area (Å²) in [6, 6.07) is 10.7. The number of fused-ring (bicyclic) bond motifs is 3. The average Bonchev–Trinajstić information content (AvgIpc) is 2.99. The highest BCUT2D eigenvalue weighted by Crippen LogP contribution is 2.41. The molecule has 4 rings (SSSR count). The Balaban J connectivity index is 1.88. The standard InChI is InChI=1S/C20H21BrN2O2/c1-11-4-5-16-13(8-11)12-6-7-22-19(20(12)23-16)14-9-17(24-2)18(25-3)10-15(14)21/h4-5,8-10,19,22-23H,6-7H2,1-3H3. The molecule has 1 unspecified atom stereocenters. The van der Waals surface area contributed by atoms with Crippen LogP contribution in [0, 0.1) is 6.92 Å². The summed E-state index contributed by atoms with van der Waals surface area (Å²) in [5, 5.41) is 4.97. The second kappa shape index (κ2) is 6.39. The number of halogens is 1. The molecule has 0 saturated carbocycles. The average molecular weight is 401 g/mol. The lowest BCUT2D eigenvalue weighted by atomic mass is 9.94. The minimum Gasteiger partial charge on any atom is -0.493 e. The molecule has 5 heteroatoms. The van der Waals surface area contributed by atoms with Crippen LogP contribution in [0.3, 0.4) is 0 Å². The predicted octanol–water partition coefficient (Wildman–Crippen LogP) is 4.49. The van der Waals surface area contributed by atoms with E-state index in [0.29, 0.717) is 0 Å². The van der Waals surface area contributed by atoms with E-state index < -0.39 is 0 Å². The number of nitrogens with one attached hydrogen (secondary N) is 2. The summed E-state index contributed by atoms with van der Waals surface area (Å²) in [6.07, 6.45) is 1.03. The van der Waals surface area contributed by atoms with Crippen LogP contribution >= 0.6 is 15.9 Å². The molecule has 2 N–H and O–H groups in total. The van der Waals surface area contributed by atoms with Gasteiger partial charge in [-0.3, -0.25) is 0 Å². The number of rotatable bonds is 3. The van der Waals surface area contributed by atoms with Crippen LogP contribution in [0.1, 0.15) is 28.4 Å². The SMILES string of the molecule is COc1cc(Br)c(C2NCCc3c2[nH]c2ccc(C)cc32)cc1OC. The quantitative estimate of drug-likeness (QED) is 0.680. The Morgan fingerprint density at radius 1 is 1.08 bits per heavy atom. The Bertz CT molecular complexity index is 949. The zero-order chi connectivity index (χ0) is 17.6. The number of hydrogen-bond donors (Lipinski definition) is 2. The fourth-order valence-electron chi connectivity index (χ4n) is 3.70. The van der Waals surface area contributed by atoms with E-state index in [1.165, 1.54) is 27.7 Å². The molecule has 0 aliphatic carbocycles. The third-order valence-corrected chi connectivity index (χ3v) is 5.61. The first kappa shape index (κ1) is 16.5. The smallest absolute Gasteiger partial charge is 0.161 e. The Morgan fingerprint density at radius 3 is 2.60 bits per heavy atom. The molecule has 1 aromatic heterocycles. The number of methoxy groups -OCH3 is 2. The normalized spacial score (nSPS) is 16.7. The lowest BCUT2D eigenvalue weighted by Gasteiger charge is -2.26. The number of benzene rings is 2. The Morgan fingerprint density at radius 2 is 1.84 bits per heavy atom. The van der Waals surface area contributed by atoms with E-state index in [9.17, 15) is 0 Å². The summed E-state index contributed by atoms with van der Waals surface area (Å²) >= 11 is 3.70. The first-order valence-corrected chi connectivity index (χ1v) is 9.17. The summed E-state index contributed by atoms with van der Waals surface area (Å²) in [6.45, 7) is 3.08. The zero-order valence-electron chi connectivity index (χ0n) is 14.6. The van der Waals surface area contributed by atoms with Crippen LogP contribution in [0.15, 0.2) is 34.8 Å². The van der Waals surface area contributed by atoms with E-state index in [4.69, 9.17) is 9.47 Å². The van der Waals surface area contributed by atoms with Crippen LogP contribution in [0.25, 0.3) is 10.9 Å². The van der Waals surface area contributed by atoms with Gasteiger partial charge in [0.15, 0.2) is 11.5 Å². The summed E-state index contributed by atoms with van der Waals surface area (Å²) in [7, 11) is 3.32. The summed E-state index contributed by atoms with van der Waals surface area (Å²) in [4.78, 5) is 3.63. The van der Waals surface area contributed by atoms with Gasteiger partial charge in [-0.15, -0.1) is 0 Å². The Labute approximate surface area is 155 Å². The molecule has 0 bridgehead atoms. The van der Waals surface area contributed by atoms with E-state index in [1.54, 1.807) is 14.2 Å². The molecule has 0 spiro atoms. The second-order valence-electron chi connectivity index (χ2n) is 6.43. The van der Waals surface area contributed by atoms with Crippen LogP contribution in [-0.4, -0.2) is 25.7 Å². The molecule has 25 heavy (non-hydrogen) atoms. The molecule has 2 heterocycles. The van der Waals surface area contributed by atoms with Gasteiger partial charge in [0.05, 0.1) is 20.3 Å². The molecule has 0 saturated heterocycles. The van der Waals surface area contributed by atoms with Crippen molar-refractivity contribution in [3.05, 3.63) is 57.2 Å². The van der Waals surface area contributed by atoms with E-state index in [-0.39, 0.29) is 6.04 Å². The third-order valence-electron chi connectivity index (χ3n) is 4.92. The monoisotopic (exact) mass is 400 g/mol. The van der Waals surface area contributed by atoms with Crippen LogP contribution in [0.4, 0.5) is 0 Å². The van der Waals surface area contributed by atoms with Gasteiger partial charge in [-0.05, 0) is 48.7 Å². The molecule has 4 nitrogen and oxygen atoms in total. The van der Waals surface area contributed by atoms with Gasteiger partial charge in [-0.2, -0.15) is 0 Å². The molecule has 130 valence electrons. The minimum atomic E-state index is 0.0886. The van der Waals surface area contributed by atoms with Crippen LogP contribution in [0.5, 0.6) is 11.5 Å². The molecule has 1 atom stereocenters. The maximum absolute atomic E-state index is 5.50. The second-order valence-corrected chi connectivity index (χ2v) is 7.29. The van der Waals surface area contributed by atoms with Crippen molar-refractivity contribution in [2.45, 2.75) is 19.4 Å². The molecule has 1 aliphatic rings. The maximum atomic E-state index is 5.50. The van der Waals surface area contributed by atoms with Crippen LogP contribution in [-0.2, 0) is 6.42 Å². The number of aromatic nitrogens is 1. The van der Waals surface area contributed by atoms with Gasteiger partial charge in [0.1, 0.15) is 0 Å². The van der Waals surface area contributed by atoms with Crippen LogP contribution < -0.4 is 14.8 Å². The lowest BCUT2D eigenvalue weighted by molar-refractivity contribution is 0.353. The van der Waals surface area contributed by atoms with Gasteiger partial charge in [0.2, 0.25) is 0 Å². The maximum Gasteiger partial charge on any atom is 0.161 e. The van der Waals surface area contributed by atoms with Crippen molar-refractivity contribution < 1.29 is 9.47 Å². The van der Waals surface area contributed by atoms with E-state index in [2.05, 4.69) is 51.4 Å². The molecule has 1 aliphatic heterocycles. The van der Waals surface area contributed by atoms with Crippen molar-refractivity contribution in [2.24, 2.45) is 0 Å². The minimum absolute atomic E-state index is 0.0886. The molecule has 0 radical (unpaired) electrons. The fourth-order valence-corrected chi connectivity index (χ4v) is 4.25. The Hall–Kier alpha value is -1.98. The number of ether oxygens (including phenoxy) is 2. The summed E-state index contributed by atoms with van der Waals surface area (Å²) in [5.41, 5.74) is 6.27. The van der Waals surface area contributed by atoms with Gasteiger partial charge in [-0.1, -0.05) is 27.6 Å². The number of aromatic amines is 1. The van der Waals surface area contributed by atoms with Crippen LogP contribution in [0.2, 0.25) is 0 Å². The molecule has 0 fully saturated rings. The highest BCUT2D eigenvalue weighted by atomic mass is 79.9. The van der Waals surface area contributed by atoms with Crippen molar-refractivity contribution >= 4 is 26.8 Å². The molecule has 3 aromatic rings. The Kier molecular flexibility index (Phi) is 4.21. The summed E-state index contributed by atoms with van der Waals surface area (Å²) in [5.74, 6) is 1.46. The first-order valence-electron chi connectivity index (χ1n) is 8.38. The highest BCUT2D eigenvalue weighted by molar-refractivity contribution is 9.10. The van der Waals surface area contributed by atoms with Gasteiger partial charge >= 0.3 is 0 Å². The van der Waals surface area contributed by atoms with Crippen molar-refractivity contribution in [3.8, 4) is 11.5 Å². The van der Waals surface area contributed by atoms with Crippen molar-refractivity contribution in [1.29, 1.82) is 0 Å². The molecular weight excluding hydrogens is 380 g/mol. The number of aryl methyl sites for hydroxylation is 1. The zero-order valence-corrected chi connectivity index (χ0v) is 16.2. The number of hydrogen-bond acceptors (Lipinski definition) is 3. The van der Waals surface area contributed by atoms with Crippen molar-refractivity contribution in [3.63, 3.8) is 0 Å². The van der Waals surface area contributed by atoms with Gasteiger partial charge < -0.3 is 19.8 Å². The lowest BCUT2D eigenvalue weighted by Crippen LogP contribution is -2.30. The molecule has 2 aromatic carbocycles. The molecular formula is C20H21BrN2O2.